The fourth-order valence-corrected chi connectivity index (χ4v) is 1.39. The summed E-state index contributed by atoms with van der Waals surface area (Å²) in [4.78, 5) is 15.4. The fraction of sp³-hybridized carbons (Fsp3) is 0.250. The lowest BCUT2D eigenvalue weighted by Crippen LogP contribution is -2.21. The van der Waals surface area contributed by atoms with Crippen LogP contribution >= 0.6 is 23.2 Å². The van der Waals surface area contributed by atoms with E-state index >= 15 is 0 Å². The first-order valence-corrected chi connectivity index (χ1v) is 5.03. The molecule has 84 valence electrons. The highest BCUT2D eigenvalue weighted by Crippen LogP contribution is 2.12. The molecule has 0 aromatic carbocycles. The van der Waals surface area contributed by atoms with Crippen molar-refractivity contribution in [3.05, 3.63) is 38.6 Å². The number of hydrogen-bond acceptors (Lipinski definition) is 5. The van der Waals surface area contributed by atoms with Crippen LogP contribution in [0.3, 0.4) is 0 Å². The van der Waals surface area contributed by atoms with Crippen molar-refractivity contribution in [2.75, 3.05) is 0 Å². The molecule has 0 aliphatic carbocycles. The van der Waals surface area contributed by atoms with Gasteiger partial charge in [-0.2, -0.15) is 0 Å². The average molecular weight is 261 g/mol. The molecule has 0 bridgehead atoms. The standard InChI is InChI=1S/C8H6Cl2N4O2/c1-4-12-13-5(16-4)2-14-3-11-7(10)6(9)8(14)15/h3H,2H2,1H3. The monoisotopic (exact) mass is 260 g/mol. The van der Waals surface area contributed by atoms with E-state index in [1.165, 1.54) is 10.9 Å². The zero-order chi connectivity index (χ0) is 11.7. The van der Waals surface area contributed by atoms with Gasteiger partial charge in [0.15, 0.2) is 5.15 Å². The Kier molecular flexibility index (Phi) is 2.93. The molecule has 0 atom stereocenters. The van der Waals surface area contributed by atoms with Crippen LogP contribution in [0.5, 0.6) is 0 Å². The summed E-state index contributed by atoms with van der Waals surface area (Å²) in [5.74, 6) is 0.732. The van der Waals surface area contributed by atoms with Crippen LogP contribution in [-0.2, 0) is 6.54 Å². The molecule has 0 N–H and O–H groups in total. The van der Waals surface area contributed by atoms with Gasteiger partial charge in [-0.25, -0.2) is 4.98 Å². The van der Waals surface area contributed by atoms with E-state index < -0.39 is 5.56 Å². The quantitative estimate of drug-likeness (QED) is 0.761. The lowest BCUT2D eigenvalue weighted by atomic mass is 10.5. The summed E-state index contributed by atoms with van der Waals surface area (Å²) in [6.45, 7) is 1.77. The summed E-state index contributed by atoms with van der Waals surface area (Å²) < 4.78 is 6.36. The van der Waals surface area contributed by atoms with Gasteiger partial charge in [-0.1, -0.05) is 23.2 Å². The highest BCUT2D eigenvalue weighted by Gasteiger charge is 2.10. The van der Waals surface area contributed by atoms with Crippen molar-refractivity contribution >= 4 is 23.2 Å². The second-order valence-corrected chi connectivity index (χ2v) is 3.73. The van der Waals surface area contributed by atoms with Crippen molar-refractivity contribution in [1.29, 1.82) is 0 Å². The SMILES string of the molecule is Cc1nnc(Cn2cnc(Cl)c(Cl)c2=O)o1. The van der Waals surface area contributed by atoms with Crippen LogP contribution in [0.1, 0.15) is 11.8 Å². The molecule has 0 unspecified atom stereocenters. The van der Waals surface area contributed by atoms with Crippen LogP contribution in [0.25, 0.3) is 0 Å². The van der Waals surface area contributed by atoms with Crippen molar-refractivity contribution in [1.82, 2.24) is 19.7 Å². The second-order valence-electron chi connectivity index (χ2n) is 3.00. The molecule has 0 saturated carbocycles. The predicted octanol–water partition coefficient (Wildman–Crippen LogP) is 1.29. The highest BCUT2D eigenvalue weighted by atomic mass is 35.5. The molecular formula is C8H6Cl2N4O2. The van der Waals surface area contributed by atoms with E-state index in [0.29, 0.717) is 11.8 Å². The first kappa shape index (κ1) is 11.1. The van der Waals surface area contributed by atoms with E-state index in [1.807, 2.05) is 0 Å². The van der Waals surface area contributed by atoms with Gasteiger partial charge in [0.1, 0.15) is 11.6 Å². The minimum atomic E-state index is -0.447. The number of halogens is 2. The molecule has 0 radical (unpaired) electrons. The first-order valence-electron chi connectivity index (χ1n) is 4.27. The zero-order valence-corrected chi connectivity index (χ0v) is 9.66. The Balaban J connectivity index is 2.36. The van der Waals surface area contributed by atoms with E-state index in [-0.39, 0.29) is 16.7 Å². The van der Waals surface area contributed by atoms with Crippen molar-refractivity contribution in [3.63, 3.8) is 0 Å². The van der Waals surface area contributed by atoms with Crippen LogP contribution in [0.4, 0.5) is 0 Å². The molecule has 0 aliphatic heterocycles. The normalized spacial score (nSPS) is 10.7. The molecule has 8 heteroatoms. The number of rotatable bonds is 2. The smallest absolute Gasteiger partial charge is 0.274 e. The molecule has 2 aromatic rings. The maximum atomic E-state index is 11.6. The third-order valence-electron chi connectivity index (χ3n) is 1.81. The Labute approximate surface area is 99.8 Å². The Hall–Kier alpha value is -1.40. The van der Waals surface area contributed by atoms with Gasteiger partial charge in [0.2, 0.25) is 11.8 Å². The fourth-order valence-electron chi connectivity index (χ4n) is 1.10. The second kappa shape index (κ2) is 4.23. The van der Waals surface area contributed by atoms with Crippen molar-refractivity contribution in [2.24, 2.45) is 0 Å². The summed E-state index contributed by atoms with van der Waals surface area (Å²) in [5, 5.41) is 7.25. The number of aryl methyl sites for hydroxylation is 1. The highest BCUT2D eigenvalue weighted by molar-refractivity contribution is 6.40. The molecule has 2 rings (SSSR count). The summed E-state index contributed by atoms with van der Waals surface area (Å²) in [6.07, 6.45) is 1.27. The van der Waals surface area contributed by atoms with Crippen molar-refractivity contribution in [3.8, 4) is 0 Å². The average Bonchev–Trinajstić information content (AvgIpc) is 2.65. The molecule has 2 heterocycles. The van der Waals surface area contributed by atoms with E-state index in [4.69, 9.17) is 27.6 Å². The van der Waals surface area contributed by atoms with E-state index in [0.717, 1.165) is 0 Å². The van der Waals surface area contributed by atoms with Gasteiger partial charge in [0.25, 0.3) is 5.56 Å². The largest absolute Gasteiger partial charge is 0.424 e. The van der Waals surface area contributed by atoms with E-state index in [1.54, 1.807) is 6.92 Å². The molecule has 0 saturated heterocycles. The van der Waals surface area contributed by atoms with Crippen LogP contribution in [-0.4, -0.2) is 19.7 Å². The number of hydrogen-bond donors (Lipinski definition) is 0. The van der Waals surface area contributed by atoms with Crippen molar-refractivity contribution < 1.29 is 4.42 Å². The third-order valence-corrected chi connectivity index (χ3v) is 2.54. The van der Waals surface area contributed by atoms with Crippen molar-refractivity contribution in [2.45, 2.75) is 13.5 Å². The van der Waals surface area contributed by atoms with Gasteiger partial charge in [0.05, 0.1) is 6.33 Å². The predicted molar refractivity (Wildman–Crippen MR) is 56.7 cm³/mol. The van der Waals surface area contributed by atoms with Gasteiger partial charge in [0, 0.05) is 6.92 Å². The Bertz CT molecular complexity index is 578. The minimum Gasteiger partial charge on any atom is -0.424 e. The zero-order valence-electron chi connectivity index (χ0n) is 8.15. The van der Waals surface area contributed by atoms with Gasteiger partial charge in [-0.05, 0) is 0 Å². The van der Waals surface area contributed by atoms with E-state index in [2.05, 4.69) is 15.2 Å². The lowest BCUT2D eigenvalue weighted by molar-refractivity contribution is 0.450. The maximum Gasteiger partial charge on any atom is 0.274 e. The molecule has 0 spiro atoms. The molecule has 16 heavy (non-hydrogen) atoms. The minimum absolute atomic E-state index is 0.0235. The molecule has 0 fully saturated rings. The Morgan fingerprint density at radius 2 is 2.19 bits per heavy atom. The summed E-state index contributed by atoms with van der Waals surface area (Å²) in [7, 11) is 0. The maximum absolute atomic E-state index is 11.6. The number of aromatic nitrogens is 4. The Morgan fingerprint density at radius 3 is 2.81 bits per heavy atom. The summed E-state index contributed by atoms with van der Waals surface area (Å²) in [5.41, 5.74) is -0.447. The van der Waals surface area contributed by atoms with Crippen LogP contribution < -0.4 is 5.56 Å². The summed E-state index contributed by atoms with van der Waals surface area (Å²) >= 11 is 11.2. The van der Waals surface area contributed by atoms with Gasteiger partial charge >= 0.3 is 0 Å². The van der Waals surface area contributed by atoms with Gasteiger partial charge in [-0.3, -0.25) is 9.36 Å². The summed E-state index contributed by atoms with van der Waals surface area (Å²) in [6, 6.07) is 0. The first-order chi connectivity index (χ1) is 7.58. The molecule has 0 amide bonds. The van der Waals surface area contributed by atoms with Crippen LogP contribution in [0, 0.1) is 6.92 Å². The molecule has 6 nitrogen and oxygen atoms in total. The molecule has 2 aromatic heterocycles. The van der Waals surface area contributed by atoms with Crippen LogP contribution in [0.2, 0.25) is 10.2 Å². The third kappa shape index (κ3) is 2.07. The molecule has 0 aliphatic rings. The van der Waals surface area contributed by atoms with E-state index in [9.17, 15) is 4.79 Å². The van der Waals surface area contributed by atoms with Gasteiger partial charge in [-0.15, -0.1) is 10.2 Å². The topological polar surface area (TPSA) is 73.8 Å². The Morgan fingerprint density at radius 1 is 1.44 bits per heavy atom. The lowest BCUT2D eigenvalue weighted by Gasteiger charge is -2.02. The number of nitrogens with zero attached hydrogens (tertiary/aromatic N) is 4. The van der Waals surface area contributed by atoms with Gasteiger partial charge < -0.3 is 4.42 Å². The van der Waals surface area contributed by atoms with Crippen LogP contribution in [0.15, 0.2) is 15.5 Å². The molecular weight excluding hydrogens is 255 g/mol.